The lowest BCUT2D eigenvalue weighted by Crippen LogP contribution is -2.18. The van der Waals surface area contributed by atoms with Gasteiger partial charge in [-0.3, -0.25) is 0 Å². The number of ether oxygens (including phenoxy) is 1. The second-order valence-electron chi connectivity index (χ2n) is 4.48. The molecule has 0 fully saturated rings. The van der Waals surface area contributed by atoms with E-state index in [1.54, 1.807) is 11.3 Å². The predicted molar refractivity (Wildman–Crippen MR) is 93.0 cm³/mol. The van der Waals surface area contributed by atoms with E-state index in [9.17, 15) is 0 Å². The van der Waals surface area contributed by atoms with Gasteiger partial charge >= 0.3 is 0 Å². The van der Waals surface area contributed by atoms with Crippen molar-refractivity contribution in [1.82, 2.24) is 5.32 Å². The quantitative estimate of drug-likeness (QED) is 0.712. The Morgan fingerprint density at radius 1 is 1.25 bits per heavy atom. The smallest absolute Gasteiger partial charge is 0.124 e. The first kappa shape index (κ1) is 16.0. The summed E-state index contributed by atoms with van der Waals surface area (Å²) in [5.41, 5.74) is 3.62. The fraction of sp³-hybridized carbons (Fsp3) is 0.333. The van der Waals surface area contributed by atoms with E-state index < -0.39 is 0 Å². The van der Waals surface area contributed by atoms with Gasteiger partial charge in [0.2, 0.25) is 0 Å². The Balaban J connectivity index is 2.51. The average Bonchev–Trinajstić information content (AvgIpc) is 2.73. The average molecular weight is 419 g/mol. The lowest BCUT2D eigenvalue weighted by Gasteiger charge is -2.20. The van der Waals surface area contributed by atoms with Crippen LogP contribution < -0.4 is 10.1 Å². The van der Waals surface area contributed by atoms with Crippen LogP contribution in [-0.2, 0) is 0 Å². The molecule has 1 aromatic heterocycles. The highest BCUT2D eigenvalue weighted by atomic mass is 79.9. The molecule has 0 aliphatic rings. The van der Waals surface area contributed by atoms with Crippen molar-refractivity contribution in [3.63, 3.8) is 0 Å². The summed E-state index contributed by atoms with van der Waals surface area (Å²) < 4.78 is 8.03. The van der Waals surface area contributed by atoms with E-state index in [-0.39, 0.29) is 6.04 Å². The van der Waals surface area contributed by atoms with E-state index in [4.69, 9.17) is 4.74 Å². The van der Waals surface area contributed by atoms with E-state index in [0.29, 0.717) is 6.61 Å². The Labute approximate surface area is 140 Å². The Hall–Kier alpha value is -0.360. The van der Waals surface area contributed by atoms with Crippen LogP contribution in [0.4, 0.5) is 0 Å². The molecule has 2 nitrogen and oxygen atoms in total. The Morgan fingerprint density at radius 2 is 2.00 bits per heavy atom. The first-order chi connectivity index (χ1) is 9.56. The molecule has 2 aromatic rings. The number of benzene rings is 1. The van der Waals surface area contributed by atoms with Gasteiger partial charge in [-0.25, -0.2) is 0 Å². The van der Waals surface area contributed by atoms with Crippen molar-refractivity contribution in [2.45, 2.75) is 19.9 Å². The molecular weight excluding hydrogens is 402 g/mol. The van der Waals surface area contributed by atoms with Gasteiger partial charge < -0.3 is 10.1 Å². The zero-order chi connectivity index (χ0) is 14.7. The maximum atomic E-state index is 5.78. The first-order valence-corrected chi connectivity index (χ1v) is 8.82. The molecule has 2 rings (SSSR count). The maximum Gasteiger partial charge on any atom is 0.124 e. The molecule has 0 saturated carbocycles. The van der Waals surface area contributed by atoms with Crippen molar-refractivity contribution in [3.05, 3.63) is 48.5 Å². The molecule has 108 valence electrons. The van der Waals surface area contributed by atoms with Gasteiger partial charge in [0.25, 0.3) is 0 Å². The van der Waals surface area contributed by atoms with Crippen LogP contribution in [0.2, 0.25) is 0 Å². The summed E-state index contributed by atoms with van der Waals surface area (Å²) in [4.78, 5) is 0. The molecule has 0 bridgehead atoms. The van der Waals surface area contributed by atoms with Gasteiger partial charge in [-0.05, 0) is 70.5 Å². The fourth-order valence-electron chi connectivity index (χ4n) is 2.21. The number of hydrogen-bond donors (Lipinski definition) is 1. The minimum atomic E-state index is 0.105. The summed E-state index contributed by atoms with van der Waals surface area (Å²) in [5.74, 6) is 0.937. The number of hydrogen-bond acceptors (Lipinski definition) is 3. The van der Waals surface area contributed by atoms with Crippen LogP contribution in [-0.4, -0.2) is 13.7 Å². The van der Waals surface area contributed by atoms with E-state index in [2.05, 4.69) is 62.3 Å². The predicted octanol–water partition coefficient (Wildman–Crippen LogP) is 5.29. The summed E-state index contributed by atoms with van der Waals surface area (Å²) in [7, 11) is 1.97. The maximum absolute atomic E-state index is 5.78. The Bertz CT molecular complexity index is 598. The van der Waals surface area contributed by atoms with Crippen LogP contribution >= 0.6 is 43.2 Å². The summed E-state index contributed by atoms with van der Waals surface area (Å²) in [6.07, 6.45) is 0. The van der Waals surface area contributed by atoms with Gasteiger partial charge in [-0.2, -0.15) is 0 Å². The molecule has 0 aliphatic heterocycles. The standard InChI is InChI=1S/C15H17Br2NOS/c1-4-19-12-6-5-9(2)7-10(12)14(18-3)11-8-13(16)20-15(11)17/h5-8,14,18H,4H2,1-3H3. The van der Waals surface area contributed by atoms with Crippen molar-refractivity contribution in [2.75, 3.05) is 13.7 Å². The molecule has 0 aliphatic carbocycles. The van der Waals surface area contributed by atoms with Crippen LogP contribution in [0.25, 0.3) is 0 Å². The van der Waals surface area contributed by atoms with E-state index >= 15 is 0 Å². The third-order valence-corrected chi connectivity index (χ3v) is 5.44. The molecule has 0 amide bonds. The molecule has 20 heavy (non-hydrogen) atoms. The molecule has 1 heterocycles. The number of aryl methyl sites for hydroxylation is 1. The van der Waals surface area contributed by atoms with Crippen LogP contribution in [0.1, 0.15) is 29.7 Å². The SMILES string of the molecule is CCOc1ccc(C)cc1C(NC)c1cc(Br)sc1Br. The second-order valence-corrected chi connectivity index (χ2v) is 8.22. The van der Waals surface area contributed by atoms with Crippen LogP contribution in [0.5, 0.6) is 5.75 Å². The molecule has 1 unspecified atom stereocenters. The van der Waals surface area contributed by atoms with Crippen molar-refractivity contribution in [1.29, 1.82) is 0 Å². The lowest BCUT2D eigenvalue weighted by atomic mass is 9.98. The normalized spacial score (nSPS) is 12.4. The zero-order valence-corrected chi connectivity index (χ0v) is 15.7. The fourth-order valence-corrected chi connectivity index (χ4v) is 5.11. The summed E-state index contributed by atoms with van der Waals surface area (Å²) in [6.45, 7) is 4.78. The molecule has 5 heteroatoms. The van der Waals surface area contributed by atoms with Crippen molar-refractivity contribution >= 4 is 43.2 Å². The van der Waals surface area contributed by atoms with Gasteiger partial charge in [0, 0.05) is 5.56 Å². The van der Waals surface area contributed by atoms with Crippen molar-refractivity contribution in [2.24, 2.45) is 0 Å². The molecule has 0 spiro atoms. The van der Waals surface area contributed by atoms with Gasteiger partial charge in [0.05, 0.1) is 20.2 Å². The molecule has 0 radical (unpaired) electrons. The van der Waals surface area contributed by atoms with Gasteiger partial charge in [-0.15, -0.1) is 11.3 Å². The number of halogens is 2. The van der Waals surface area contributed by atoms with Crippen LogP contribution in [0.15, 0.2) is 31.8 Å². The van der Waals surface area contributed by atoms with Gasteiger partial charge in [0.1, 0.15) is 5.75 Å². The summed E-state index contributed by atoms with van der Waals surface area (Å²) >= 11 is 8.88. The molecule has 1 aromatic carbocycles. The third-order valence-electron chi connectivity index (χ3n) is 3.06. The monoisotopic (exact) mass is 417 g/mol. The second kappa shape index (κ2) is 7.07. The highest BCUT2D eigenvalue weighted by Gasteiger charge is 2.21. The lowest BCUT2D eigenvalue weighted by molar-refractivity contribution is 0.334. The van der Waals surface area contributed by atoms with Crippen LogP contribution in [0.3, 0.4) is 0 Å². The van der Waals surface area contributed by atoms with Crippen molar-refractivity contribution in [3.8, 4) is 5.75 Å². The molecule has 1 N–H and O–H groups in total. The van der Waals surface area contributed by atoms with E-state index in [1.165, 1.54) is 16.7 Å². The van der Waals surface area contributed by atoms with Gasteiger partial charge in [-0.1, -0.05) is 17.7 Å². The minimum Gasteiger partial charge on any atom is -0.494 e. The van der Waals surface area contributed by atoms with Crippen LogP contribution in [0, 0.1) is 6.92 Å². The highest BCUT2D eigenvalue weighted by molar-refractivity contribution is 9.12. The number of rotatable bonds is 5. The van der Waals surface area contributed by atoms with E-state index in [1.807, 2.05) is 20.0 Å². The van der Waals surface area contributed by atoms with Crippen molar-refractivity contribution < 1.29 is 4.74 Å². The Morgan fingerprint density at radius 3 is 2.55 bits per heavy atom. The first-order valence-electron chi connectivity index (χ1n) is 6.42. The minimum absolute atomic E-state index is 0.105. The molecular formula is C15H17Br2NOS. The van der Waals surface area contributed by atoms with Gasteiger partial charge in [0.15, 0.2) is 0 Å². The topological polar surface area (TPSA) is 21.3 Å². The largest absolute Gasteiger partial charge is 0.494 e. The van der Waals surface area contributed by atoms with E-state index in [0.717, 1.165) is 13.3 Å². The Kier molecular flexibility index (Phi) is 5.66. The summed E-state index contributed by atoms with van der Waals surface area (Å²) in [6, 6.07) is 8.57. The number of thiophene rings is 1. The zero-order valence-electron chi connectivity index (χ0n) is 11.7. The molecule has 0 saturated heterocycles. The third kappa shape index (κ3) is 3.45. The summed E-state index contributed by atoms with van der Waals surface area (Å²) in [5, 5.41) is 3.39. The highest BCUT2D eigenvalue weighted by Crippen LogP contribution is 2.40. The molecule has 1 atom stereocenters. The number of nitrogens with one attached hydrogen (secondary N) is 1.